The molecule has 1 N–H and O–H groups in total. The van der Waals surface area contributed by atoms with E-state index in [2.05, 4.69) is 32.3 Å². The van der Waals surface area contributed by atoms with Crippen LogP contribution in [0.15, 0.2) is 67.4 Å². The second-order valence-electron chi connectivity index (χ2n) is 6.83. The van der Waals surface area contributed by atoms with Crippen LogP contribution in [-0.4, -0.2) is 37.9 Å². The van der Waals surface area contributed by atoms with Gasteiger partial charge in [0, 0.05) is 18.9 Å². The maximum atomic E-state index is 12.9. The first-order valence-corrected chi connectivity index (χ1v) is 9.33. The lowest BCUT2D eigenvalue weighted by Gasteiger charge is -2.34. The molecule has 3 aromatic rings. The van der Waals surface area contributed by atoms with E-state index in [4.69, 9.17) is 0 Å². The van der Waals surface area contributed by atoms with Gasteiger partial charge in [-0.05, 0) is 37.1 Å². The molecule has 27 heavy (non-hydrogen) atoms. The number of carbonyl (C=O) groups is 1. The Bertz CT molecular complexity index is 861. The van der Waals surface area contributed by atoms with E-state index in [-0.39, 0.29) is 11.9 Å². The van der Waals surface area contributed by atoms with Crippen molar-refractivity contribution in [3.63, 3.8) is 0 Å². The van der Waals surface area contributed by atoms with E-state index in [1.165, 1.54) is 5.56 Å². The molecule has 0 bridgehead atoms. The Morgan fingerprint density at radius 1 is 1.15 bits per heavy atom. The third-order valence-corrected chi connectivity index (χ3v) is 4.93. The van der Waals surface area contributed by atoms with Crippen molar-refractivity contribution < 1.29 is 4.79 Å². The number of rotatable bonds is 5. The van der Waals surface area contributed by atoms with Crippen LogP contribution in [-0.2, 0) is 11.3 Å². The van der Waals surface area contributed by atoms with Crippen LogP contribution in [0.5, 0.6) is 0 Å². The number of pyridine rings is 1. The van der Waals surface area contributed by atoms with Crippen molar-refractivity contribution in [2.75, 3.05) is 11.9 Å². The van der Waals surface area contributed by atoms with Crippen LogP contribution < -0.4 is 5.32 Å². The summed E-state index contributed by atoms with van der Waals surface area (Å²) in [7, 11) is 0. The fourth-order valence-corrected chi connectivity index (χ4v) is 3.53. The van der Waals surface area contributed by atoms with Gasteiger partial charge >= 0.3 is 0 Å². The lowest BCUT2D eigenvalue weighted by Crippen LogP contribution is -2.46. The SMILES string of the molecule is O=C(Nc1ccc(-n2ccnc2)nc1)C1CCCCN1Cc1ccccc1. The van der Waals surface area contributed by atoms with E-state index in [0.29, 0.717) is 5.69 Å². The van der Waals surface area contributed by atoms with Gasteiger partial charge in [0.1, 0.15) is 12.1 Å². The monoisotopic (exact) mass is 361 g/mol. The number of hydrogen-bond acceptors (Lipinski definition) is 4. The van der Waals surface area contributed by atoms with Crippen LogP contribution in [0.3, 0.4) is 0 Å². The van der Waals surface area contributed by atoms with Crippen LogP contribution in [0, 0.1) is 0 Å². The van der Waals surface area contributed by atoms with Crippen molar-refractivity contribution >= 4 is 11.6 Å². The molecular formula is C21H23N5O. The van der Waals surface area contributed by atoms with E-state index in [0.717, 1.165) is 38.2 Å². The average Bonchev–Trinajstić information content (AvgIpc) is 3.25. The molecule has 1 saturated heterocycles. The quantitative estimate of drug-likeness (QED) is 0.758. The number of carbonyl (C=O) groups excluding carboxylic acids is 1. The molecule has 1 aromatic carbocycles. The van der Waals surface area contributed by atoms with Crippen molar-refractivity contribution in [3.8, 4) is 5.82 Å². The fourth-order valence-electron chi connectivity index (χ4n) is 3.53. The first-order chi connectivity index (χ1) is 13.3. The van der Waals surface area contributed by atoms with Crippen molar-refractivity contribution in [3.05, 3.63) is 72.9 Å². The molecule has 6 nitrogen and oxygen atoms in total. The molecule has 1 aliphatic heterocycles. The Labute approximate surface area is 158 Å². The highest BCUT2D eigenvalue weighted by atomic mass is 16.2. The highest BCUT2D eigenvalue weighted by molar-refractivity contribution is 5.94. The van der Waals surface area contributed by atoms with Crippen LogP contribution >= 0.6 is 0 Å². The minimum Gasteiger partial charge on any atom is -0.323 e. The van der Waals surface area contributed by atoms with E-state index in [1.807, 2.05) is 41.1 Å². The molecule has 0 aliphatic carbocycles. The number of nitrogens with one attached hydrogen (secondary N) is 1. The summed E-state index contributed by atoms with van der Waals surface area (Å²) in [6, 6.07) is 14.0. The first kappa shape index (κ1) is 17.4. The van der Waals surface area contributed by atoms with Gasteiger partial charge in [-0.1, -0.05) is 36.8 Å². The molecule has 1 amide bonds. The zero-order valence-electron chi connectivity index (χ0n) is 15.2. The molecule has 3 heterocycles. The molecule has 2 aromatic heterocycles. The zero-order chi connectivity index (χ0) is 18.5. The first-order valence-electron chi connectivity index (χ1n) is 9.33. The highest BCUT2D eigenvalue weighted by Gasteiger charge is 2.28. The molecule has 0 saturated carbocycles. The summed E-state index contributed by atoms with van der Waals surface area (Å²) in [5, 5.41) is 3.03. The molecule has 1 fully saturated rings. The minimum atomic E-state index is -0.104. The van der Waals surface area contributed by atoms with Gasteiger partial charge < -0.3 is 5.32 Å². The predicted molar refractivity (Wildman–Crippen MR) is 104 cm³/mol. The van der Waals surface area contributed by atoms with Gasteiger partial charge in [0.2, 0.25) is 5.91 Å². The average molecular weight is 361 g/mol. The summed E-state index contributed by atoms with van der Waals surface area (Å²) < 4.78 is 1.83. The van der Waals surface area contributed by atoms with Gasteiger partial charge in [-0.3, -0.25) is 14.3 Å². The van der Waals surface area contributed by atoms with Gasteiger partial charge in [0.05, 0.1) is 17.9 Å². The summed E-state index contributed by atoms with van der Waals surface area (Å²) in [4.78, 5) is 23.6. The summed E-state index contributed by atoms with van der Waals surface area (Å²) >= 11 is 0. The van der Waals surface area contributed by atoms with E-state index < -0.39 is 0 Å². The highest BCUT2D eigenvalue weighted by Crippen LogP contribution is 2.21. The molecule has 0 spiro atoms. The number of piperidine rings is 1. The molecule has 1 aliphatic rings. The van der Waals surface area contributed by atoms with Crippen molar-refractivity contribution in [2.24, 2.45) is 0 Å². The Morgan fingerprint density at radius 2 is 2.04 bits per heavy atom. The van der Waals surface area contributed by atoms with Crippen LogP contribution in [0.4, 0.5) is 5.69 Å². The normalized spacial score (nSPS) is 17.6. The van der Waals surface area contributed by atoms with Crippen LogP contribution in [0.25, 0.3) is 5.82 Å². The maximum Gasteiger partial charge on any atom is 0.241 e. The van der Waals surface area contributed by atoms with E-state index in [1.54, 1.807) is 18.7 Å². The fraction of sp³-hybridized carbons (Fsp3) is 0.286. The van der Waals surface area contributed by atoms with Crippen molar-refractivity contribution in [1.82, 2.24) is 19.4 Å². The van der Waals surface area contributed by atoms with E-state index in [9.17, 15) is 4.79 Å². The Balaban J connectivity index is 1.42. The molecule has 4 rings (SSSR count). The molecular weight excluding hydrogens is 338 g/mol. The Morgan fingerprint density at radius 3 is 2.78 bits per heavy atom. The van der Waals surface area contributed by atoms with E-state index >= 15 is 0 Å². The van der Waals surface area contributed by atoms with Gasteiger partial charge in [-0.2, -0.15) is 0 Å². The van der Waals surface area contributed by atoms with Crippen LogP contribution in [0.1, 0.15) is 24.8 Å². The summed E-state index contributed by atoms with van der Waals surface area (Å²) in [5.74, 6) is 0.816. The lowest BCUT2D eigenvalue weighted by atomic mass is 10.0. The van der Waals surface area contributed by atoms with Gasteiger partial charge in [0.25, 0.3) is 0 Å². The van der Waals surface area contributed by atoms with Gasteiger partial charge in [-0.15, -0.1) is 0 Å². The van der Waals surface area contributed by atoms with Crippen molar-refractivity contribution in [1.29, 1.82) is 0 Å². The zero-order valence-corrected chi connectivity index (χ0v) is 15.2. The number of benzene rings is 1. The molecule has 1 unspecified atom stereocenters. The molecule has 1 atom stereocenters. The predicted octanol–water partition coefficient (Wildman–Crippen LogP) is 3.26. The number of imidazole rings is 1. The number of aromatic nitrogens is 3. The van der Waals surface area contributed by atoms with Gasteiger partial charge in [-0.25, -0.2) is 9.97 Å². The smallest absolute Gasteiger partial charge is 0.241 e. The Hall–Kier alpha value is -2.99. The Kier molecular flexibility index (Phi) is 5.25. The third kappa shape index (κ3) is 4.23. The van der Waals surface area contributed by atoms with Gasteiger partial charge in [0.15, 0.2) is 0 Å². The topological polar surface area (TPSA) is 63.1 Å². The van der Waals surface area contributed by atoms with Crippen LogP contribution in [0.2, 0.25) is 0 Å². The number of anilines is 1. The standard InChI is InChI=1S/C21H23N5O/c27-21(24-18-9-10-20(23-14-18)26-13-11-22-16-26)19-8-4-5-12-25(19)15-17-6-2-1-3-7-17/h1-3,6-7,9-11,13-14,16,19H,4-5,8,12,15H2,(H,24,27). The summed E-state index contributed by atoms with van der Waals surface area (Å²) in [5.41, 5.74) is 1.96. The second kappa shape index (κ2) is 8.14. The largest absolute Gasteiger partial charge is 0.323 e. The molecule has 0 radical (unpaired) electrons. The number of nitrogens with zero attached hydrogens (tertiary/aromatic N) is 4. The summed E-state index contributed by atoms with van der Waals surface area (Å²) in [6.45, 7) is 1.75. The number of amides is 1. The second-order valence-corrected chi connectivity index (χ2v) is 6.83. The maximum absolute atomic E-state index is 12.9. The number of hydrogen-bond donors (Lipinski definition) is 1. The third-order valence-electron chi connectivity index (χ3n) is 4.93. The number of likely N-dealkylation sites (tertiary alicyclic amines) is 1. The molecule has 138 valence electrons. The minimum absolute atomic E-state index is 0.0443. The molecule has 6 heteroatoms. The lowest BCUT2D eigenvalue weighted by molar-refractivity contribution is -0.122. The van der Waals surface area contributed by atoms with Crippen molar-refractivity contribution in [2.45, 2.75) is 31.8 Å². The summed E-state index contributed by atoms with van der Waals surface area (Å²) in [6.07, 6.45) is 10.0.